The number of hydrazine groups is 1. The number of nitrogens with zero attached hydrogens (tertiary/aromatic N) is 3. The molecule has 2 N–H and O–H groups in total. The van der Waals surface area contributed by atoms with E-state index in [1.54, 1.807) is 0 Å². The Hall–Kier alpha value is -2.32. The Morgan fingerprint density at radius 1 is 0.903 bits per heavy atom. The van der Waals surface area contributed by atoms with Crippen LogP contribution in [0.3, 0.4) is 0 Å². The fourth-order valence-corrected chi connectivity index (χ4v) is 6.41. The van der Waals surface area contributed by atoms with Crippen LogP contribution in [-0.2, 0) is 10.8 Å². The van der Waals surface area contributed by atoms with Gasteiger partial charge in [-0.3, -0.25) is 0 Å². The van der Waals surface area contributed by atoms with E-state index in [0.717, 1.165) is 63.7 Å². The van der Waals surface area contributed by atoms with E-state index in [9.17, 15) is 21.8 Å². The van der Waals surface area contributed by atoms with Crippen LogP contribution < -0.4 is 10.9 Å². The molecule has 5 nitrogen and oxygen atoms in total. The Bertz CT molecular complexity index is 1280. The molecule has 0 saturated heterocycles. The quantitative estimate of drug-likeness (QED) is 0.214. The Morgan fingerprint density at radius 2 is 1.55 bits per heavy atom. The Kier molecular flexibility index (Phi) is 6.39. The SMILES string of the molecule is NN(c1ncc(Sc2ccc(F)cc2F)s1)c1ncc(S(=O)c2ccc(F)cc2F)s1. The maximum Gasteiger partial charge on any atom is 0.207 e. The van der Waals surface area contributed by atoms with E-state index in [1.807, 2.05) is 0 Å². The van der Waals surface area contributed by atoms with Crippen LogP contribution in [0.25, 0.3) is 0 Å². The molecule has 4 rings (SSSR count). The molecule has 0 bridgehead atoms. The van der Waals surface area contributed by atoms with Gasteiger partial charge in [0.05, 0.1) is 32.3 Å². The fraction of sp³-hybridized carbons (Fsp3) is 0. The van der Waals surface area contributed by atoms with E-state index in [2.05, 4.69) is 9.97 Å². The van der Waals surface area contributed by atoms with Gasteiger partial charge in [0.15, 0.2) is 0 Å². The highest BCUT2D eigenvalue weighted by atomic mass is 32.2. The van der Waals surface area contributed by atoms with E-state index in [-0.39, 0.29) is 19.1 Å². The van der Waals surface area contributed by atoms with Crippen molar-refractivity contribution >= 4 is 55.5 Å². The van der Waals surface area contributed by atoms with Crippen LogP contribution in [0.5, 0.6) is 0 Å². The normalized spacial score (nSPS) is 12.2. The molecule has 0 aliphatic heterocycles. The molecular formula is C18H10F4N4OS4. The highest BCUT2D eigenvalue weighted by Crippen LogP contribution is 2.38. The average molecular weight is 503 g/mol. The molecule has 2 aromatic heterocycles. The predicted octanol–water partition coefficient (Wildman–Crippen LogP) is 5.49. The second-order valence-corrected chi connectivity index (χ2v) is 10.8. The smallest absolute Gasteiger partial charge is 0.207 e. The topological polar surface area (TPSA) is 72.1 Å². The first-order valence-corrected chi connectivity index (χ1v) is 11.9. The lowest BCUT2D eigenvalue weighted by molar-refractivity contribution is 0.562. The van der Waals surface area contributed by atoms with E-state index in [0.29, 0.717) is 15.4 Å². The van der Waals surface area contributed by atoms with Gasteiger partial charge in [-0.05, 0) is 24.3 Å². The summed E-state index contributed by atoms with van der Waals surface area (Å²) in [6, 6.07) is 6.06. The van der Waals surface area contributed by atoms with Gasteiger partial charge in [-0.25, -0.2) is 42.6 Å². The van der Waals surface area contributed by atoms with Gasteiger partial charge in [0.1, 0.15) is 27.5 Å². The first kappa shape index (κ1) is 21.9. The number of aromatic nitrogens is 2. The van der Waals surface area contributed by atoms with Crippen LogP contribution in [0.15, 0.2) is 67.0 Å². The number of anilines is 2. The molecule has 1 unspecified atom stereocenters. The third-order valence-electron chi connectivity index (χ3n) is 3.74. The Morgan fingerprint density at radius 3 is 2.26 bits per heavy atom. The molecule has 13 heteroatoms. The second-order valence-electron chi connectivity index (χ2n) is 5.81. The lowest BCUT2D eigenvalue weighted by Crippen LogP contribution is -2.24. The summed E-state index contributed by atoms with van der Waals surface area (Å²) in [7, 11) is -1.91. The van der Waals surface area contributed by atoms with Crippen molar-refractivity contribution in [3.63, 3.8) is 0 Å². The zero-order chi connectivity index (χ0) is 22.1. The molecule has 160 valence electrons. The summed E-state index contributed by atoms with van der Waals surface area (Å²) < 4.78 is 67.3. The molecule has 2 heterocycles. The average Bonchev–Trinajstić information content (AvgIpc) is 3.39. The van der Waals surface area contributed by atoms with Crippen molar-refractivity contribution in [1.82, 2.24) is 9.97 Å². The third-order valence-corrected chi connectivity index (χ3v) is 8.58. The van der Waals surface area contributed by atoms with Crippen molar-refractivity contribution in [3.8, 4) is 0 Å². The number of benzene rings is 2. The van der Waals surface area contributed by atoms with Crippen molar-refractivity contribution in [2.24, 2.45) is 5.84 Å². The summed E-state index contributed by atoms with van der Waals surface area (Å²) in [6.07, 6.45) is 2.77. The molecule has 2 aromatic carbocycles. The van der Waals surface area contributed by atoms with Crippen LogP contribution in [0.1, 0.15) is 0 Å². The van der Waals surface area contributed by atoms with Gasteiger partial charge >= 0.3 is 0 Å². The lowest BCUT2D eigenvalue weighted by Gasteiger charge is -2.10. The van der Waals surface area contributed by atoms with Crippen molar-refractivity contribution in [3.05, 3.63) is 72.1 Å². The number of nitrogens with two attached hydrogens (primary N) is 1. The van der Waals surface area contributed by atoms with Crippen molar-refractivity contribution in [1.29, 1.82) is 0 Å². The molecule has 0 spiro atoms. The molecular weight excluding hydrogens is 492 g/mol. The van der Waals surface area contributed by atoms with E-state index in [4.69, 9.17) is 5.84 Å². The van der Waals surface area contributed by atoms with Gasteiger partial charge < -0.3 is 0 Å². The van der Waals surface area contributed by atoms with Crippen molar-refractivity contribution < 1.29 is 21.8 Å². The van der Waals surface area contributed by atoms with Crippen LogP contribution in [0.2, 0.25) is 0 Å². The van der Waals surface area contributed by atoms with Crippen LogP contribution in [-0.4, -0.2) is 14.2 Å². The van der Waals surface area contributed by atoms with Crippen LogP contribution in [0, 0.1) is 23.3 Å². The molecule has 0 radical (unpaired) electrons. The zero-order valence-corrected chi connectivity index (χ0v) is 18.4. The Labute approximate surface area is 188 Å². The maximum atomic E-state index is 13.9. The molecule has 0 amide bonds. The second kappa shape index (κ2) is 9.04. The zero-order valence-electron chi connectivity index (χ0n) is 15.1. The van der Waals surface area contributed by atoms with Gasteiger partial charge in [-0.1, -0.05) is 34.4 Å². The van der Waals surface area contributed by atoms with Crippen LogP contribution in [0.4, 0.5) is 27.8 Å². The summed E-state index contributed by atoms with van der Waals surface area (Å²) in [5.41, 5.74) is 0. The van der Waals surface area contributed by atoms with Crippen molar-refractivity contribution in [2.75, 3.05) is 5.01 Å². The summed E-state index contributed by atoms with van der Waals surface area (Å²) >= 11 is 3.16. The number of thiazole rings is 2. The standard InChI is InChI=1S/C18H10F4N4OS4/c19-9-1-3-13(11(21)5-9)28-15-7-24-17(29-15)26(23)18-25-8-16(30-18)31(27)14-4-2-10(20)6-12(14)22/h1-8H,23H2. The van der Waals surface area contributed by atoms with E-state index in [1.165, 1.54) is 18.5 Å². The van der Waals surface area contributed by atoms with Crippen LogP contribution >= 0.6 is 34.4 Å². The predicted molar refractivity (Wildman–Crippen MR) is 112 cm³/mol. The third kappa shape index (κ3) is 4.80. The minimum absolute atomic E-state index is 0.172. The van der Waals surface area contributed by atoms with E-state index >= 15 is 0 Å². The minimum Gasteiger partial charge on any atom is -0.248 e. The number of rotatable bonds is 6. The number of halogens is 4. The lowest BCUT2D eigenvalue weighted by atomic mass is 10.3. The van der Waals surface area contributed by atoms with Gasteiger partial charge in [0.2, 0.25) is 10.3 Å². The molecule has 4 aromatic rings. The Balaban J connectivity index is 1.51. The number of hydrogen-bond donors (Lipinski definition) is 1. The van der Waals surface area contributed by atoms with E-state index < -0.39 is 34.1 Å². The fourth-order valence-electron chi connectivity index (χ4n) is 2.34. The first-order chi connectivity index (χ1) is 14.8. The maximum absolute atomic E-state index is 13.9. The highest BCUT2D eigenvalue weighted by Gasteiger charge is 2.20. The largest absolute Gasteiger partial charge is 0.248 e. The van der Waals surface area contributed by atoms with Gasteiger partial charge in [-0.2, -0.15) is 0 Å². The van der Waals surface area contributed by atoms with Gasteiger partial charge in [-0.15, -0.1) is 0 Å². The summed E-state index contributed by atoms with van der Waals surface area (Å²) in [6.45, 7) is 0. The summed E-state index contributed by atoms with van der Waals surface area (Å²) in [4.78, 5) is 8.31. The first-order valence-electron chi connectivity index (χ1n) is 8.28. The summed E-state index contributed by atoms with van der Waals surface area (Å²) in [5, 5.41) is 1.72. The molecule has 31 heavy (non-hydrogen) atoms. The molecule has 1 atom stereocenters. The molecule has 0 aliphatic rings. The monoisotopic (exact) mass is 502 g/mol. The van der Waals surface area contributed by atoms with Gasteiger partial charge in [0.25, 0.3) is 0 Å². The number of hydrogen-bond acceptors (Lipinski definition) is 8. The molecule has 0 saturated carbocycles. The molecule has 0 aliphatic carbocycles. The minimum atomic E-state index is -1.91. The molecule has 0 fully saturated rings. The highest BCUT2D eigenvalue weighted by molar-refractivity contribution is 8.01. The summed E-state index contributed by atoms with van der Waals surface area (Å²) in [5.74, 6) is 3.00. The van der Waals surface area contributed by atoms with Gasteiger partial charge in [0, 0.05) is 17.0 Å². The van der Waals surface area contributed by atoms with Crippen molar-refractivity contribution in [2.45, 2.75) is 18.2 Å².